The number of imidazole rings is 1. The minimum Gasteiger partial charge on any atom is -0.508 e. The Balaban J connectivity index is 1.55. The normalized spacial score (nSPS) is 17.5. The average molecular weight is 349 g/mol. The van der Waals surface area contributed by atoms with Gasteiger partial charge in [0.15, 0.2) is 0 Å². The van der Waals surface area contributed by atoms with Crippen LogP contribution in [0.5, 0.6) is 11.5 Å². The third-order valence-corrected chi connectivity index (χ3v) is 4.98. The minimum atomic E-state index is 0.193. The number of rotatable bonds is 5. The predicted molar refractivity (Wildman–Crippen MR) is 101 cm³/mol. The third kappa shape index (κ3) is 3.30. The number of phenols is 1. The maximum Gasteiger partial charge on any atom is 0.143 e. The highest BCUT2D eigenvalue weighted by Gasteiger charge is 2.26. The Bertz CT molecular complexity index is 876. The summed E-state index contributed by atoms with van der Waals surface area (Å²) >= 11 is 0. The fourth-order valence-corrected chi connectivity index (χ4v) is 3.71. The lowest BCUT2D eigenvalue weighted by molar-refractivity contribution is 0.316. The van der Waals surface area contributed by atoms with Crippen LogP contribution in [-0.2, 0) is 6.54 Å². The number of hydrogen-bond donors (Lipinski definition) is 1. The van der Waals surface area contributed by atoms with Crippen LogP contribution in [0.4, 0.5) is 0 Å². The lowest BCUT2D eigenvalue weighted by atomic mass is 10.1. The highest BCUT2D eigenvalue weighted by atomic mass is 16.5. The highest BCUT2D eigenvalue weighted by Crippen LogP contribution is 2.35. The van der Waals surface area contributed by atoms with Gasteiger partial charge in [-0.3, -0.25) is 4.90 Å². The van der Waals surface area contributed by atoms with E-state index in [2.05, 4.69) is 44.8 Å². The summed E-state index contributed by atoms with van der Waals surface area (Å²) in [5.74, 6) is 1.71. The van der Waals surface area contributed by atoms with Gasteiger partial charge in [-0.25, -0.2) is 4.98 Å². The molecule has 1 N–H and O–H groups in total. The minimum absolute atomic E-state index is 0.193. The van der Waals surface area contributed by atoms with Crippen LogP contribution < -0.4 is 4.74 Å². The maximum atomic E-state index is 9.71. The Kier molecular flexibility index (Phi) is 4.63. The monoisotopic (exact) mass is 349 g/mol. The molecule has 0 radical (unpaired) electrons. The number of hydrogen-bond acceptors (Lipinski definition) is 4. The number of aromatic nitrogens is 2. The van der Waals surface area contributed by atoms with Gasteiger partial charge in [0.25, 0.3) is 0 Å². The van der Waals surface area contributed by atoms with Gasteiger partial charge in [0, 0.05) is 44.1 Å². The zero-order valence-electron chi connectivity index (χ0n) is 14.9. The van der Waals surface area contributed by atoms with E-state index in [-0.39, 0.29) is 5.75 Å². The second-order valence-corrected chi connectivity index (χ2v) is 6.71. The summed E-state index contributed by atoms with van der Waals surface area (Å²) in [6.45, 7) is 3.05. The first-order valence-electron chi connectivity index (χ1n) is 8.91. The van der Waals surface area contributed by atoms with Crippen molar-refractivity contribution in [3.05, 3.63) is 66.5 Å². The first-order chi connectivity index (χ1) is 12.7. The van der Waals surface area contributed by atoms with E-state index in [0.717, 1.165) is 37.4 Å². The number of nitrogens with zero attached hydrogens (tertiary/aromatic N) is 3. The molecule has 1 fully saturated rings. The van der Waals surface area contributed by atoms with Gasteiger partial charge in [-0.15, -0.1) is 0 Å². The van der Waals surface area contributed by atoms with Gasteiger partial charge in [-0.2, -0.15) is 0 Å². The Hall–Kier alpha value is -2.79. The number of benzene rings is 2. The van der Waals surface area contributed by atoms with Crippen LogP contribution >= 0.6 is 0 Å². The number of likely N-dealkylation sites (tertiary alicyclic amines) is 1. The van der Waals surface area contributed by atoms with Crippen molar-refractivity contribution in [2.75, 3.05) is 20.2 Å². The van der Waals surface area contributed by atoms with E-state index in [4.69, 9.17) is 4.74 Å². The van der Waals surface area contributed by atoms with E-state index in [1.54, 1.807) is 19.2 Å². The van der Waals surface area contributed by atoms with Crippen molar-refractivity contribution in [2.45, 2.75) is 19.0 Å². The topological polar surface area (TPSA) is 50.5 Å². The van der Waals surface area contributed by atoms with Crippen LogP contribution in [0.15, 0.2) is 60.9 Å². The molecule has 2 heterocycles. The van der Waals surface area contributed by atoms with E-state index >= 15 is 0 Å². The second kappa shape index (κ2) is 7.22. The second-order valence-electron chi connectivity index (χ2n) is 6.71. The summed E-state index contributed by atoms with van der Waals surface area (Å²) in [5.41, 5.74) is 2.25. The largest absolute Gasteiger partial charge is 0.508 e. The molecule has 0 unspecified atom stereocenters. The van der Waals surface area contributed by atoms with Crippen molar-refractivity contribution in [1.29, 1.82) is 0 Å². The van der Waals surface area contributed by atoms with Crippen molar-refractivity contribution in [3.8, 4) is 22.9 Å². The van der Waals surface area contributed by atoms with Gasteiger partial charge < -0.3 is 14.4 Å². The van der Waals surface area contributed by atoms with Gasteiger partial charge in [-0.05, 0) is 24.1 Å². The van der Waals surface area contributed by atoms with Crippen LogP contribution in [0.1, 0.15) is 18.0 Å². The Morgan fingerprint density at radius 2 is 2.04 bits per heavy atom. The summed E-state index contributed by atoms with van der Waals surface area (Å²) in [7, 11) is 1.61. The van der Waals surface area contributed by atoms with Crippen molar-refractivity contribution >= 4 is 0 Å². The zero-order valence-corrected chi connectivity index (χ0v) is 14.9. The molecule has 0 spiro atoms. The molecule has 2 aromatic carbocycles. The molecule has 5 nitrogen and oxygen atoms in total. The van der Waals surface area contributed by atoms with Gasteiger partial charge in [0.05, 0.1) is 12.7 Å². The smallest absolute Gasteiger partial charge is 0.143 e. The maximum absolute atomic E-state index is 9.71. The molecule has 3 aromatic rings. The molecular formula is C21H23N3O2. The van der Waals surface area contributed by atoms with Crippen molar-refractivity contribution < 1.29 is 9.84 Å². The van der Waals surface area contributed by atoms with Gasteiger partial charge >= 0.3 is 0 Å². The summed E-state index contributed by atoms with van der Waals surface area (Å²) in [6.07, 6.45) is 4.97. The summed E-state index contributed by atoms with van der Waals surface area (Å²) in [4.78, 5) is 7.05. The average Bonchev–Trinajstić information content (AvgIpc) is 3.31. The Morgan fingerprint density at radius 1 is 1.19 bits per heavy atom. The summed E-state index contributed by atoms with van der Waals surface area (Å²) in [6, 6.07) is 16.1. The zero-order chi connectivity index (χ0) is 17.9. The van der Waals surface area contributed by atoms with E-state index in [1.165, 1.54) is 5.56 Å². The molecule has 0 aliphatic carbocycles. The molecule has 5 heteroatoms. The highest BCUT2D eigenvalue weighted by molar-refractivity contribution is 5.66. The van der Waals surface area contributed by atoms with Crippen LogP contribution in [0.25, 0.3) is 11.4 Å². The quantitative estimate of drug-likeness (QED) is 0.763. The molecule has 0 saturated carbocycles. The van der Waals surface area contributed by atoms with Crippen molar-refractivity contribution in [2.24, 2.45) is 0 Å². The van der Waals surface area contributed by atoms with E-state index in [0.29, 0.717) is 11.8 Å². The van der Waals surface area contributed by atoms with Gasteiger partial charge in [0.2, 0.25) is 0 Å². The Labute approximate surface area is 153 Å². The standard InChI is InChI=1S/C21H23N3O2/c1-26-20-13-18(25)7-8-19(20)21-22-10-12-24(21)17-9-11-23(15-17)14-16-5-3-2-4-6-16/h2-8,10,12-13,17,25H,9,11,14-15H2,1H3/t17-/m1/s1. The first-order valence-corrected chi connectivity index (χ1v) is 8.91. The van der Waals surface area contributed by atoms with Crippen molar-refractivity contribution in [1.82, 2.24) is 14.5 Å². The molecule has 134 valence electrons. The number of phenolic OH excluding ortho intramolecular Hbond substituents is 1. The molecule has 1 aromatic heterocycles. The first kappa shape index (κ1) is 16.7. The summed E-state index contributed by atoms with van der Waals surface area (Å²) in [5, 5.41) is 9.71. The molecule has 1 aliphatic rings. The molecule has 1 aliphatic heterocycles. The number of aromatic hydroxyl groups is 1. The van der Waals surface area contributed by atoms with Gasteiger partial charge in [0.1, 0.15) is 17.3 Å². The van der Waals surface area contributed by atoms with Crippen molar-refractivity contribution in [3.63, 3.8) is 0 Å². The number of methoxy groups -OCH3 is 1. The Morgan fingerprint density at radius 3 is 2.85 bits per heavy atom. The van der Waals surface area contributed by atoms with Gasteiger partial charge in [-0.1, -0.05) is 30.3 Å². The molecule has 1 saturated heterocycles. The fourth-order valence-electron chi connectivity index (χ4n) is 3.71. The molecule has 0 amide bonds. The molecular weight excluding hydrogens is 326 g/mol. The predicted octanol–water partition coefficient (Wildman–Crippen LogP) is 3.71. The molecule has 4 rings (SSSR count). The van der Waals surface area contributed by atoms with E-state index in [1.807, 2.05) is 18.5 Å². The van der Waals surface area contributed by atoms with Crippen LogP contribution in [0, 0.1) is 0 Å². The molecule has 1 atom stereocenters. The molecule has 26 heavy (non-hydrogen) atoms. The SMILES string of the molecule is COc1cc(O)ccc1-c1nccn1[C@@H]1CCN(Cc2ccccc2)C1. The van der Waals surface area contributed by atoms with E-state index in [9.17, 15) is 5.11 Å². The lowest BCUT2D eigenvalue weighted by Crippen LogP contribution is -2.21. The molecule has 0 bridgehead atoms. The van der Waals surface area contributed by atoms with Crippen LogP contribution in [0.3, 0.4) is 0 Å². The summed E-state index contributed by atoms with van der Waals surface area (Å²) < 4.78 is 7.68. The third-order valence-electron chi connectivity index (χ3n) is 4.98. The van der Waals surface area contributed by atoms with Crippen LogP contribution in [-0.4, -0.2) is 39.8 Å². The lowest BCUT2D eigenvalue weighted by Gasteiger charge is -2.19. The van der Waals surface area contributed by atoms with E-state index < -0.39 is 0 Å². The van der Waals surface area contributed by atoms with Crippen LogP contribution in [0.2, 0.25) is 0 Å². The fraction of sp³-hybridized carbons (Fsp3) is 0.286. The number of ether oxygens (including phenoxy) is 1.